The van der Waals surface area contributed by atoms with Gasteiger partial charge in [-0.1, -0.05) is 48.5 Å². The van der Waals surface area contributed by atoms with Crippen molar-refractivity contribution in [2.75, 3.05) is 0 Å². The van der Waals surface area contributed by atoms with Gasteiger partial charge in [0.05, 0.1) is 29.0 Å². The molecule has 3 saturated heterocycles. The largest absolute Gasteiger partial charge is 0.744 e. The van der Waals surface area contributed by atoms with Crippen molar-refractivity contribution < 1.29 is 54.4 Å². The first-order chi connectivity index (χ1) is 23.2. The summed E-state index contributed by atoms with van der Waals surface area (Å²) in [5.74, 6) is -17.7. The first-order valence-corrected chi connectivity index (χ1v) is 18.0. The quantitative estimate of drug-likeness (QED) is 0.118. The van der Waals surface area contributed by atoms with Crippen LogP contribution in [-0.4, -0.2) is 64.4 Å². The van der Waals surface area contributed by atoms with Gasteiger partial charge in [0.2, 0.25) is 23.3 Å². The minimum Gasteiger partial charge on any atom is -0.744 e. The standard InChI is InChI=1S/C34H27F4NO8S2/c1-12(2)39-26-28(47-33(41)18-11-17-13-7-3-5-9-15(13)19(18)16-10-6-4-8-14(16)17)30-21(20(32(39)40)29(26)48-30)34(42)46-27-22(35)24(37)31(49(43,44)45)25(38)23(27)36/h3-10,12,17-21,26,28-30H,11H2,1-2H3,(H,43,44,45)/p-1. The highest BCUT2D eigenvalue weighted by atomic mass is 32.2. The smallest absolute Gasteiger partial charge is 0.316 e. The van der Waals surface area contributed by atoms with Gasteiger partial charge in [0.15, 0.2) is 11.6 Å². The molecule has 4 bridgehead atoms. The lowest BCUT2D eigenvalue weighted by molar-refractivity contribution is -0.161. The molecule has 1 amide bonds. The number of hydrogen-bond acceptors (Lipinski definition) is 9. The molecule has 0 radical (unpaired) electrons. The van der Waals surface area contributed by atoms with Crippen molar-refractivity contribution in [3.63, 3.8) is 0 Å². The van der Waals surface area contributed by atoms with Crippen molar-refractivity contribution in [2.24, 2.45) is 17.8 Å². The van der Waals surface area contributed by atoms with E-state index in [2.05, 4.69) is 12.1 Å². The number of carbonyl (C=O) groups excluding carboxylic acids is 3. The van der Waals surface area contributed by atoms with Crippen LogP contribution in [0.3, 0.4) is 0 Å². The van der Waals surface area contributed by atoms with Gasteiger partial charge in [0, 0.05) is 23.1 Å². The maximum absolute atomic E-state index is 14.8. The number of rotatable bonds is 6. The molecule has 9 nitrogen and oxygen atoms in total. The maximum atomic E-state index is 14.8. The minimum atomic E-state index is -5.99. The van der Waals surface area contributed by atoms with E-state index in [0.29, 0.717) is 6.42 Å². The number of esters is 2. The zero-order chi connectivity index (χ0) is 34.8. The van der Waals surface area contributed by atoms with Gasteiger partial charge in [-0.3, -0.25) is 14.4 Å². The summed E-state index contributed by atoms with van der Waals surface area (Å²) in [5.41, 5.74) is 4.30. The molecule has 49 heavy (non-hydrogen) atoms. The predicted molar refractivity (Wildman–Crippen MR) is 162 cm³/mol. The topological polar surface area (TPSA) is 130 Å². The van der Waals surface area contributed by atoms with Crippen LogP contribution in [-0.2, 0) is 29.2 Å². The number of ether oxygens (including phenoxy) is 2. The summed E-state index contributed by atoms with van der Waals surface area (Å²) in [6.07, 6.45) is -0.561. The van der Waals surface area contributed by atoms with Gasteiger partial charge in [-0.05, 0) is 42.5 Å². The molecular weight excluding hydrogens is 690 g/mol. The van der Waals surface area contributed by atoms with Crippen molar-refractivity contribution in [1.29, 1.82) is 0 Å². The number of hydrogen-bond donors (Lipinski definition) is 0. The Bertz CT molecular complexity index is 2020. The van der Waals surface area contributed by atoms with E-state index in [0.717, 1.165) is 22.3 Å². The Balaban J connectivity index is 1.12. The van der Waals surface area contributed by atoms with Crippen LogP contribution >= 0.6 is 11.8 Å². The Morgan fingerprint density at radius 2 is 1.43 bits per heavy atom. The van der Waals surface area contributed by atoms with Crippen LogP contribution in [0.1, 0.15) is 54.4 Å². The molecule has 3 fully saturated rings. The van der Waals surface area contributed by atoms with Gasteiger partial charge in [-0.15, -0.1) is 11.8 Å². The third-order valence-corrected chi connectivity index (χ3v) is 13.2. The van der Waals surface area contributed by atoms with Gasteiger partial charge in [0.1, 0.15) is 21.1 Å². The second-order valence-electron chi connectivity index (χ2n) is 13.3. The number of halogens is 4. The van der Waals surface area contributed by atoms with E-state index in [1.165, 1.54) is 16.7 Å². The summed E-state index contributed by atoms with van der Waals surface area (Å²) < 4.78 is 103. The van der Waals surface area contributed by atoms with Crippen molar-refractivity contribution >= 4 is 39.7 Å². The number of nitrogens with zero attached hydrogens (tertiary/aromatic N) is 1. The highest BCUT2D eigenvalue weighted by molar-refractivity contribution is 8.01. The summed E-state index contributed by atoms with van der Waals surface area (Å²) in [5, 5.41) is -1.50. The fourth-order valence-electron chi connectivity index (χ4n) is 8.82. The first-order valence-electron chi connectivity index (χ1n) is 15.6. The zero-order valence-electron chi connectivity index (χ0n) is 25.6. The average Bonchev–Trinajstić information content (AvgIpc) is 3.68. The van der Waals surface area contributed by atoms with Gasteiger partial charge >= 0.3 is 11.9 Å². The van der Waals surface area contributed by atoms with Gasteiger partial charge < -0.3 is 18.9 Å². The Morgan fingerprint density at radius 3 is 1.96 bits per heavy atom. The van der Waals surface area contributed by atoms with E-state index >= 15 is 0 Å². The zero-order valence-corrected chi connectivity index (χ0v) is 27.3. The van der Waals surface area contributed by atoms with Gasteiger partial charge in [-0.2, -0.15) is 8.78 Å². The molecule has 6 aliphatic rings. The van der Waals surface area contributed by atoms with Crippen LogP contribution in [0.2, 0.25) is 0 Å². The molecule has 0 saturated carbocycles. The van der Waals surface area contributed by atoms with E-state index in [-0.39, 0.29) is 17.9 Å². The lowest BCUT2D eigenvalue weighted by Gasteiger charge is -2.45. The average molecular weight is 717 g/mol. The number of amides is 1. The maximum Gasteiger partial charge on any atom is 0.316 e. The van der Waals surface area contributed by atoms with Gasteiger partial charge in [0.25, 0.3) is 0 Å². The fourth-order valence-corrected chi connectivity index (χ4v) is 11.5. The minimum absolute atomic E-state index is 0.0507. The van der Waals surface area contributed by atoms with Crippen LogP contribution in [0.15, 0.2) is 53.4 Å². The summed E-state index contributed by atoms with van der Waals surface area (Å²) in [7, 11) is -5.99. The van der Waals surface area contributed by atoms with Crippen LogP contribution in [0, 0.1) is 41.0 Å². The number of likely N-dealkylation sites (tertiary alicyclic amines) is 1. The van der Waals surface area contributed by atoms with E-state index < -0.39 is 102 Å². The number of thioether (sulfide) groups is 1. The van der Waals surface area contributed by atoms with Crippen molar-refractivity contribution in [2.45, 2.75) is 65.7 Å². The molecule has 3 aromatic carbocycles. The lowest BCUT2D eigenvalue weighted by atomic mass is 9.59. The van der Waals surface area contributed by atoms with Gasteiger partial charge in [-0.25, -0.2) is 17.2 Å². The molecule has 9 rings (SSSR count). The molecule has 0 aromatic heterocycles. The van der Waals surface area contributed by atoms with Crippen LogP contribution in [0.5, 0.6) is 5.75 Å². The molecular formula is C34H26F4NO8S2-. The second kappa shape index (κ2) is 11.0. The second-order valence-corrected chi connectivity index (χ2v) is 15.9. The van der Waals surface area contributed by atoms with E-state index in [1.807, 2.05) is 36.4 Å². The highest BCUT2D eigenvalue weighted by Crippen LogP contribution is 2.61. The Hall–Kier alpha value is -3.95. The molecule has 3 heterocycles. The molecule has 0 spiro atoms. The molecule has 3 aliphatic carbocycles. The monoisotopic (exact) mass is 716 g/mol. The molecule has 7 unspecified atom stereocenters. The molecule has 7 atom stereocenters. The third kappa shape index (κ3) is 4.47. The third-order valence-electron chi connectivity index (χ3n) is 10.6. The van der Waals surface area contributed by atoms with Crippen LogP contribution < -0.4 is 4.74 Å². The Kier molecular flexibility index (Phi) is 7.26. The predicted octanol–water partition coefficient (Wildman–Crippen LogP) is 4.61. The molecule has 256 valence electrons. The normalized spacial score (nSPS) is 30.5. The van der Waals surface area contributed by atoms with Crippen molar-refractivity contribution in [1.82, 2.24) is 4.90 Å². The van der Waals surface area contributed by atoms with E-state index in [4.69, 9.17) is 9.47 Å². The molecule has 0 N–H and O–H groups in total. The first kappa shape index (κ1) is 32.3. The highest BCUT2D eigenvalue weighted by Gasteiger charge is 2.72. The summed E-state index contributed by atoms with van der Waals surface area (Å²) in [6.45, 7) is 3.51. The van der Waals surface area contributed by atoms with Crippen molar-refractivity contribution in [3.8, 4) is 5.75 Å². The fraction of sp³-hybridized carbons (Fsp3) is 0.382. The van der Waals surface area contributed by atoms with Crippen molar-refractivity contribution in [3.05, 3.63) is 94.1 Å². The lowest BCUT2D eigenvalue weighted by Crippen LogP contribution is -2.52. The molecule has 3 aromatic rings. The van der Waals surface area contributed by atoms with E-state index in [9.17, 15) is 44.9 Å². The molecule has 3 aliphatic heterocycles. The Labute approximate surface area is 281 Å². The summed E-state index contributed by atoms with van der Waals surface area (Å²) in [6, 6.07) is 14.8. The SMILES string of the molecule is CC(C)N1C(=O)C2C3SC(C(OC(=O)C4CC5c6ccccc6C4c4ccccc45)C31)C2C(=O)Oc1c(F)c(F)c(S(=O)(=O)[O-])c(F)c1F. The van der Waals surface area contributed by atoms with Crippen LogP contribution in [0.25, 0.3) is 0 Å². The Morgan fingerprint density at radius 1 is 0.878 bits per heavy atom. The number of benzene rings is 3. The number of fused-ring (bicyclic) bond motifs is 2. The number of carbonyl (C=O) groups is 3. The van der Waals surface area contributed by atoms with E-state index in [1.54, 1.807) is 13.8 Å². The van der Waals surface area contributed by atoms with Crippen LogP contribution in [0.4, 0.5) is 17.6 Å². The molecule has 15 heteroatoms. The summed E-state index contributed by atoms with van der Waals surface area (Å²) >= 11 is 1.19. The summed E-state index contributed by atoms with van der Waals surface area (Å²) in [4.78, 5) is 40.7.